The van der Waals surface area contributed by atoms with Crippen LogP contribution in [0.4, 0.5) is 0 Å². The van der Waals surface area contributed by atoms with E-state index in [-0.39, 0.29) is 0 Å². The van der Waals surface area contributed by atoms with Gasteiger partial charge in [0, 0.05) is 37.5 Å². The van der Waals surface area contributed by atoms with Crippen molar-refractivity contribution in [3.63, 3.8) is 0 Å². The first-order valence-electron chi connectivity index (χ1n) is 7.85. The van der Waals surface area contributed by atoms with E-state index >= 15 is 0 Å². The molecule has 0 aliphatic carbocycles. The van der Waals surface area contributed by atoms with Crippen LogP contribution in [-0.4, -0.2) is 51.1 Å². The smallest absolute Gasteiger partial charge is 0.191 e. The van der Waals surface area contributed by atoms with Crippen LogP contribution in [-0.2, 0) is 0 Å². The number of hydrogen-bond donors (Lipinski definition) is 2. The summed E-state index contributed by atoms with van der Waals surface area (Å²) in [5.41, 5.74) is 0. The number of thiophene rings is 1. The molecule has 1 aromatic rings. The third-order valence-corrected chi connectivity index (χ3v) is 5.21. The van der Waals surface area contributed by atoms with Gasteiger partial charge in [-0.25, -0.2) is 0 Å². The van der Waals surface area contributed by atoms with Crippen LogP contribution in [0.1, 0.15) is 30.6 Å². The minimum atomic E-state index is 0.518. The van der Waals surface area contributed by atoms with Crippen molar-refractivity contribution in [1.82, 2.24) is 15.5 Å². The maximum Gasteiger partial charge on any atom is 0.191 e. The van der Waals surface area contributed by atoms with E-state index in [1.165, 1.54) is 30.8 Å². The quantitative estimate of drug-likeness (QED) is 0.648. The zero-order valence-corrected chi connectivity index (χ0v) is 14.2. The molecule has 0 radical (unpaired) electrons. The summed E-state index contributed by atoms with van der Waals surface area (Å²) in [7, 11) is 4.06. The first-order valence-corrected chi connectivity index (χ1v) is 8.73. The molecule has 1 saturated heterocycles. The Kier molecular flexibility index (Phi) is 6.51. The molecule has 4 nitrogen and oxygen atoms in total. The summed E-state index contributed by atoms with van der Waals surface area (Å²) in [6, 6.07) is 4.31. The Morgan fingerprint density at radius 3 is 3.05 bits per heavy atom. The molecule has 2 N–H and O–H groups in total. The van der Waals surface area contributed by atoms with Gasteiger partial charge in [0.05, 0.1) is 0 Å². The fourth-order valence-electron chi connectivity index (χ4n) is 2.82. The number of likely N-dealkylation sites (tertiary alicyclic amines) is 1. The van der Waals surface area contributed by atoms with E-state index in [0.717, 1.165) is 25.0 Å². The lowest BCUT2D eigenvalue weighted by Gasteiger charge is -2.30. The van der Waals surface area contributed by atoms with E-state index in [2.05, 4.69) is 52.0 Å². The second kappa shape index (κ2) is 8.39. The molecule has 21 heavy (non-hydrogen) atoms. The molecular formula is C16H28N4S. The molecule has 0 saturated carbocycles. The first-order chi connectivity index (χ1) is 10.2. The molecule has 1 fully saturated rings. The SMILES string of the molecule is CN=C(NCC1CCCN(C)C1)NCC(C)c1cccs1. The van der Waals surface area contributed by atoms with E-state index in [9.17, 15) is 0 Å². The van der Waals surface area contributed by atoms with Crippen molar-refractivity contribution in [3.8, 4) is 0 Å². The van der Waals surface area contributed by atoms with Crippen molar-refractivity contribution in [3.05, 3.63) is 22.4 Å². The molecule has 1 aromatic heterocycles. The van der Waals surface area contributed by atoms with Gasteiger partial charge in [0.1, 0.15) is 0 Å². The second-order valence-corrected chi connectivity index (χ2v) is 7.00. The van der Waals surface area contributed by atoms with Crippen LogP contribution in [0, 0.1) is 5.92 Å². The lowest BCUT2D eigenvalue weighted by atomic mass is 9.99. The number of nitrogens with zero attached hydrogens (tertiary/aromatic N) is 2. The number of guanidine groups is 1. The van der Waals surface area contributed by atoms with Crippen molar-refractivity contribution >= 4 is 17.3 Å². The van der Waals surface area contributed by atoms with Crippen LogP contribution < -0.4 is 10.6 Å². The van der Waals surface area contributed by atoms with E-state index in [1.54, 1.807) is 0 Å². The van der Waals surface area contributed by atoms with Crippen molar-refractivity contribution in [2.45, 2.75) is 25.7 Å². The Morgan fingerprint density at radius 2 is 2.38 bits per heavy atom. The summed E-state index contributed by atoms with van der Waals surface area (Å²) >= 11 is 1.82. The summed E-state index contributed by atoms with van der Waals surface area (Å²) < 4.78 is 0. The van der Waals surface area contributed by atoms with Crippen LogP contribution in [0.3, 0.4) is 0 Å². The van der Waals surface area contributed by atoms with Gasteiger partial charge in [-0.1, -0.05) is 13.0 Å². The molecule has 0 spiro atoms. The predicted octanol–water partition coefficient (Wildman–Crippen LogP) is 2.36. The molecule has 118 valence electrons. The lowest BCUT2D eigenvalue weighted by Crippen LogP contribution is -2.44. The van der Waals surface area contributed by atoms with Crippen LogP contribution in [0.5, 0.6) is 0 Å². The van der Waals surface area contributed by atoms with Gasteiger partial charge in [-0.2, -0.15) is 0 Å². The predicted molar refractivity (Wildman–Crippen MR) is 92.3 cm³/mol. The molecule has 2 rings (SSSR count). The van der Waals surface area contributed by atoms with E-state index in [4.69, 9.17) is 0 Å². The highest BCUT2D eigenvalue weighted by Gasteiger charge is 2.17. The number of hydrogen-bond acceptors (Lipinski definition) is 3. The fraction of sp³-hybridized carbons (Fsp3) is 0.688. The Morgan fingerprint density at radius 1 is 1.52 bits per heavy atom. The molecule has 2 atom stereocenters. The monoisotopic (exact) mass is 308 g/mol. The van der Waals surface area contributed by atoms with Crippen LogP contribution in [0.25, 0.3) is 0 Å². The maximum atomic E-state index is 4.33. The van der Waals surface area contributed by atoms with Crippen molar-refractivity contribution < 1.29 is 0 Å². The minimum absolute atomic E-state index is 0.518. The molecule has 5 heteroatoms. The number of aliphatic imine (C=N–C) groups is 1. The molecular weight excluding hydrogens is 280 g/mol. The topological polar surface area (TPSA) is 39.7 Å². The third kappa shape index (κ3) is 5.32. The minimum Gasteiger partial charge on any atom is -0.356 e. The van der Waals surface area contributed by atoms with Gasteiger partial charge in [-0.05, 0) is 43.8 Å². The third-order valence-electron chi connectivity index (χ3n) is 4.11. The Balaban J connectivity index is 1.71. The normalized spacial score (nSPS) is 22.0. The fourth-order valence-corrected chi connectivity index (χ4v) is 3.61. The van der Waals surface area contributed by atoms with E-state index in [0.29, 0.717) is 5.92 Å². The molecule has 2 heterocycles. The van der Waals surface area contributed by atoms with Gasteiger partial charge in [-0.15, -0.1) is 11.3 Å². The highest BCUT2D eigenvalue weighted by molar-refractivity contribution is 7.10. The summed E-state index contributed by atoms with van der Waals surface area (Å²) in [6.07, 6.45) is 2.63. The van der Waals surface area contributed by atoms with Gasteiger partial charge < -0.3 is 15.5 Å². The van der Waals surface area contributed by atoms with Crippen LogP contribution in [0.15, 0.2) is 22.5 Å². The average molecular weight is 308 g/mol. The van der Waals surface area contributed by atoms with Crippen molar-refractivity contribution in [2.24, 2.45) is 10.9 Å². The summed E-state index contributed by atoms with van der Waals surface area (Å²) in [5.74, 6) is 2.17. The molecule has 0 amide bonds. The average Bonchev–Trinajstić information content (AvgIpc) is 3.01. The molecule has 0 bridgehead atoms. The molecule has 1 aliphatic heterocycles. The van der Waals surface area contributed by atoms with E-state index < -0.39 is 0 Å². The van der Waals surface area contributed by atoms with Crippen LogP contribution in [0.2, 0.25) is 0 Å². The Labute approximate surface area is 132 Å². The number of nitrogens with one attached hydrogen (secondary N) is 2. The van der Waals surface area contributed by atoms with Gasteiger partial charge >= 0.3 is 0 Å². The number of piperidine rings is 1. The molecule has 1 aliphatic rings. The summed E-state index contributed by atoms with van der Waals surface area (Å²) in [6.45, 7) is 6.61. The Hall–Kier alpha value is -1.07. The zero-order chi connectivity index (χ0) is 15.1. The van der Waals surface area contributed by atoms with Crippen molar-refractivity contribution in [1.29, 1.82) is 0 Å². The zero-order valence-electron chi connectivity index (χ0n) is 13.4. The maximum absolute atomic E-state index is 4.33. The highest BCUT2D eigenvalue weighted by atomic mass is 32.1. The Bertz CT molecular complexity index is 429. The molecule has 2 unspecified atom stereocenters. The van der Waals surface area contributed by atoms with Gasteiger partial charge in [0.25, 0.3) is 0 Å². The van der Waals surface area contributed by atoms with Gasteiger partial charge in [0.15, 0.2) is 5.96 Å². The lowest BCUT2D eigenvalue weighted by molar-refractivity contribution is 0.210. The van der Waals surface area contributed by atoms with Gasteiger partial charge in [-0.3, -0.25) is 4.99 Å². The van der Waals surface area contributed by atoms with Gasteiger partial charge in [0.2, 0.25) is 0 Å². The van der Waals surface area contributed by atoms with E-state index in [1.807, 2.05) is 18.4 Å². The largest absolute Gasteiger partial charge is 0.356 e. The van der Waals surface area contributed by atoms with Crippen molar-refractivity contribution in [2.75, 3.05) is 40.3 Å². The highest BCUT2D eigenvalue weighted by Crippen LogP contribution is 2.19. The van der Waals surface area contributed by atoms with Crippen LogP contribution >= 0.6 is 11.3 Å². The summed E-state index contributed by atoms with van der Waals surface area (Å²) in [4.78, 5) is 8.17. The summed E-state index contributed by atoms with van der Waals surface area (Å²) in [5, 5.41) is 9.05. The second-order valence-electron chi connectivity index (χ2n) is 6.02. The first kappa shape index (κ1) is 16.3. The standard InChI is InChI=1S/C16H28N4S/c1-13(15-7-5-9-21-15)10-18-16(17-2)19-11-14-6-4-8-20(3)12-14/h5,7,9,13-14H,4,6,8,10-12H2,1-3H3,(H2,17,18,19). The number of rotatable bonds is 5. The molecule has 0 aromatic carbocycles.